The van der Waals surface area contributed by atoms with Crippen LogP contribution in [0.15, 0.2) is 48.5 Å². The van der Waals surface area contributed by atoms with Crippen molar-refractivity contribution in [1.29, 1.82) is 0 Å². The third-order valence-corrected chi connectivity index (χ3v) is 5.08. The molecular weight excluding hydrogens is 336 g/mol. The first-order valence-corrected chi connectivity index (χ1v) is 9.57. The summed E-state index contributed by atoms with van der Waals surface area (Å²) in [6.07, 6.45) is 0.797. The zero-order chi connectivity index (χ0) is 20.0. The van der Waals surface area contributed by atoms with Crippen LogP contribution in [0.3, 0.4) is 0 Å². The lowest BCUT2D eigenvalue weighted by Gasteiger charge is -2.26. The Morgan fingerprint density at radius 3 is 2.26 bits per heavy atom. The van der Waals surface area contributed by atoms with E-state index in [2.05, 4.69) is 28.8 Å². The topological polar surface area (TPSA) is 58.2 Å². The molecule has 0 aromatic heterocycles. The van der Waals surface area contributed by atoms with Gasteiger partial charge in [-0.15, -0.1) is 0 Å². The highest BCUT2D eigenvalue weighted by Crippen LogP contribution is 2.20. The lowest BCUT2D eigenvalue weighted by atomic mass is 9.96. The van der Waals surface area contributed by atoms with E-state index in [9.17, 15) is 9.59 Å². The molecule has 0 bridgehead atoms. The molecule has 2 amide bonds. The number of hydrogen-bond acceptors (Lipinski definition) is 2. The van der Waals surface area contributed by atoms with Crippen LogP contribution in [0.5, 0.6) is 0 Å². The van der Waals surface area contributed by atoms with Crippen molar-refractivity contribution in [1.82, 2.24) is 10.6 Å². The van der Waals surface area contributed by atoms with Gasteiger partial charge in [-0.3, -0.25) is 9.59 Å². The van der Waals surface area contributed by atoms with Crippen molar-refractivity contribution < 1.29 is 9.59 Å². The molecule has 0 heterocycles. The zero-order valence-corrected chi connectivity index (χ0v) is 16.9. The number of carbonyl (C=O) groups is 2. The van der Waals surface area contributed by atoms with Crippen molar-refractivity contribution >= 4 is 11.8 Å². The van der Waals surface area contributed by atoms with Gasteiger partial charge in [0.05, 0.1) is 6.04 Å². The van der Waals surface area contributed by atoms with Gasteiger partial charge in [0.15, 0.2) is 0 Å². The van der Waals surface area contributed by atoms with E-state index < -0.39 is 6.04 Å². The van der Waals surface area contributed by atoms with Gasteiger partial charge in [0.1, 0.15) is 6.04 Å². The number of hydrogen-bond donors (Lipinski definition) is 2. The molecule has 144 valence electrons. The fourth-order valence-corrected chi connectivity index (χ4v) is 3.12. The maximum absolute atomic E-state index is 13.0. The lowest BCUT2D eigenvalue weighted by Crippen LogP contribution is -2.50. The van der Waals surface area contributed by atoms with Gasteiger partial charge in [-0.25, -0.2) is 0 Å². The van der Waals surface area contributed by atoms with Gasteiger partial charge >= 0.3 is 0 Å². The highest BCUT2D eigenvalue weighted by molar-refractivity contribution is 5.97. The summed E-state index contributed by atoms with van der Waals surface area (Å²) in [5.74, 6) is -0.346. The van der Waals surface area contributed by atoms with E-state index in [0.717, 1.165) is 23.1 Å². The predicted molar refractivity (Wildman–Crippen MR) is 110 cm³/mol. The third kappa shape index (κ3) is 5.43. The number of rotatable bonds is 7. The summed E-state index contributed by atoms with van der Waals surface area (Å²) in [5.41, 5.74) is 3.95. The molecular formula is C23H30N2O2. The van der Waals surface area contributed by atoms with Crippen molar-refractivity contribution in [2.24, 2.45) is 5.92 Å². The summed E-state index contributed by atoms with van der Waals surface area (Å²) >= 11 is 0. The Morgan fingerprint density at radius 1 is 0.963 bits per heavy atom. The Balaban J connectivity index is 2.14. The van der Waals surface area contributed by atoms with Crippen LogP contribution in [0, 0.1) is 19.8 Å². The van der Waals surface area contributed by atoms with E-state index in [4.69, 9.17) is 0 Å². The van der Waals surface area contributed by atoms with Crippen LogP contribution in [-0.4, -0.2) is 17.9 Å². The first kappa shape index (κ1) is 20.7. The van der Waals surface area contributed by atoms with Gasteiger partial charge in [-0.1, -0.05) is 62.2 Å². The summed E-state index contributed by atoms with van der Waals surface area (Å²) in [6.45, 7) is 10.1. The van der Waals surface area contributed by atoms with Crippen LogP contribution in [0.4, 0.5) is 0 Å². The molecule has 2 aromatic carbocycles. The molecule has 4 heteroatoms. The first-order valence-electron chi connectivity index (χ1n) is 9.57. The predicted octanol–water partition coefficient (Wildman–Crippen LogP) is 4.33. The number of benzene rings is 2. The average Bonchev–Trinajstić information content (AvgIpc) is 2.67. The molecule has 0 aliphatic carbocycles. The van der Waals surface area contributed by atoms with Crippen molar-refractivity contribution in [3.8, 4) is 0 Å². The zero-order valence-electron chi connectivity index (χ0n) is 16.9. The van der Waals surface area contributed by atoms with Gasteiger partial charge in [0.2, 0.25) is 5.91 Å². The highest BCUT2D eigenvalue weighted by Gasteiger charge is 2.27. The number of nitrogens with one attached hydrogen (secondary N) is 2. The van der Waals surface area contributed by atoms with Crippen molar-refractivity contribution in [3.05, 3.63) is 70.8 Å². The monoisotopic (exact) mass is 366 g/mol. The Bertz CT molecular complexity index is 786. The maximum atomic E-state index is 13.0. The van der Waals surface area contributed by atoms with Gasteiger partial charge < -0.3 is 10.6 Å². The van der Waals surface area contributed by atoms with Gasteiger partial charge in [-0.05, 0) is 49.9 Å². The maximum Gasteiger partial charge on any atom is 0.251 e. The number of carbonyl (C=O) groups excluding carboxylic acids is 2. The van der Waals surface area contributed by atoms with E-state index in [-0.39, 0.29) is 23.8 Å². The van der Waals surface area contributed by atoms with Gasteiger partial charge in [-0.2, -0.15) is 0 Å². The summed E-state index contributed by atoms with van der Waals surface area (Å²) in [6, 6.07) is 14.5. The van der Waals surface area contributed by atoms with Gasteiger partial charge in [0.25, 0.3) is 5.91 Å². The molecule has 0 saturated heterocycles. The largest absolute Gasteiger partial charge is 0.348 e. The lowest BCUT2D eigenvalue weighted by molar-refractivity contribution is -0.124. The number of amides is 2. The standard InChI is InChI=1S/C23H30N2O2/c1-6-16(3)21(25-22(26)19-10-8-7-9-11-19)23(27)24-18(5)20-14-15(2)12-13-17(20)4/h7-14,16,18,21H,6H2,1-5H3,(H,24,27)(H,25,26). The second-order valence-corrected chi connectivity index (χ2v) is 7.29. The van der Waals surface area contributed by atoms with Gasteiger partial charge in [0, 0.05) is 5.56 Å². The average molecular weight is 367 g/mol. The molecule has 4 nitrogen and oxygen atoms in total. The second-order valence-electron chi connectivity index (χ2n) is 7.29. The minimum atomic E-state index is -0.574. The van der Waals surface area contributed by atoms with Crippen molar-refractivity contribution in [2.75, 3.05) is 0 Å². The Hall–Kier alpha value is -2.62. The molecule has 27 heavy (non-hydrogen) atoms. The minimum Gasteiger partial charge on any atom is -0.348 e. The molecule has 0 spiro atoms. The SMILES string of the molecule is CCC(C)C(NC(=O)c1ccccc1)C(=O)NC(C)c1cc(C)ccc1C. The summed E-state index contributed by atoms with van der Waals surface area (Å²) in [5, 5.41) is 6.00. The van der Waals surface area contributed by atoms with Crippen LogP contribution < -0.4 is 10.6 Å². The van der Waals surface area contributed by atoms with Crippen LogP contribution in [-0.2, 0) is 4.79 Å². The van der Waals surface area contributed by atoms with E-state index in [1.54, 1.807) is 12.1 Å². The Kier molecular flexibility index (Phi) is 7.17. The second kappa shape index (κ2) is 9.36. The Morgan fingerprint density at radius 2 is 1.63 bits per heavy atom. The molecule has 0 saturated carbocycles. The van der Waals surface area contributed by atoms with Crippen LogP contribution >= 0.6 is 0 Å². The first-order chi connectivity index (χ1) is 12.8. The molecule has 2 aromatic rings. The number of aryl methyl sites for hydroxylation is 2. The molecule has 0 aliphatic rings. The normalized spacial score (nSPS) is 14.1. The van der Waals surface area contributed by atoms with Crippen LogP contribution in [0.25, 0.3) is 0 Å². The van der Waals surface area contributed by atoms with E-state index in [1.807, 2.05) is 52.8 Å². The van der Waals surface area contributed by atoms with Crippen LogP contribution in [0.1, 0.15) is 60.3 Å². The fraction of sp³-hybridized carbons (Fsp3) is 0.391. The van der Waals surface area contributed by atoms with E-state index >= 15 is 0 Å². The molecule has 0 aliphatic heterocycles. The fourth-order valence-electron chi connectivity index (χ4n) is 3.12. The summed E-state index contributed by atoms with van der Waals surface area (Å²) < 4.78 is 0. The molecule has 3 atom stereocenters. The molecule has 0 radical (unpaired) electrons. The van der Waals surface area contributed by atoms with Crippen LogP contribution in [0.2, 0.25) is 0 Å². The smallest absolute Gasteiger partial charge is 0.251 e. The summed E-state index contributed by atoms with van der Waals surface area (Å²) in [7, 11) is 0. The van der Waals surface area contributed by atoms with E-state index in [1.165, 1.54) is 0 Å². The quantitative estimate of drug-likeness (QED) is 0.766. The summed E-state index contributed by atoms with van der Waals surface area (Å²) in [4.78, 5) is 25.5. The Labute approximate surface area is 162 Å². The van der Waals surface area contributed by atoms with Crippen molar-refractivity contribution in [2.45, 2.75) is 53.1 Å². The minimum absolute atomic E-state index is 0.0310. The molecule has 2 rings (SSSR count). The van der Waals surface area contributed by atoms with E-state index in [0.29, 0.717) is 5.56 Å². The molecule has 2 N–H and O–H groups in total. The highest BCUT2D eigenvalue weighted by atomic mass is 16.2. The third-order valence-electron chi connectivity index (χ3n) is 5.08. The molecule has 3 unspecified atom stereocenters. The van der Waals surface area contributed by atoms with Crippen molar-refractivity contribution in [3.63, 3.8) is 0 Å². The molecule has 0 fully saturated rings.